The SMILES string of the molecule is COc1c2c(cc3c1C(c1nnnn1-c1ccc(C(=O)N4CCC5(CC4)OCCO5)cc1)N(C)CC3)OCO2. The van der Waals surface area contributed by atoms with Crippen molar-refractivity contribution in [3.63, 3.8) is 0 Å². The number of likely N-dealkylation sites (N-methyl/N-ethyl adjacent to an activating group) is 1. The van der Waals surface area contributed by atoms with Crippen LogP contribution in [0.25, 0.3) is 5.69 Å². The maximum absolute atomic E-state index is 13.2. The van der Waals surface area contributed by atoms with Crippen molar-refractivity contribution in [3.8, 4) is 22.9 Å². The fourth-order valence-electron chi connectivity index (χ4n) is 6.07. The van der Waals surface area contributed by atoms with Crippen LogP contribution >= 0.6 is 0 Å². The summed E-state index contributed by atoms with van der Waals surface area (Å²) in [6, 6.07) is 9.17. The van der Waals surface area contributed by atoms with E-state index < -0.39 is 5.79 Å². The number of nitrogens with zero attached hydrogens (tertiary/aromatic N) is 6. The molecular weight excluding hydrogens is 504 g/mol. The van der Waals surface area contributed by atoms with Crippen molar-refractivity contribution in [2.24, 2.45) is 0 Å². The minimum absolute atomic E-state index is 0.00640. The number of methoxy groups -OCH3 is 1. The Morgan fingerprint density at radius 1 is 1.08 bits per heavy atom. The fourth-order valence-corrected chi connectivity index (χ4v) is 6.07. The second kappa shape index (κ2) is 9.47. The first-order valence-corrected chi connectivity index (χ1v) is 13.2. The second-order valence-corrected chi connectivity index (χ2v) is 10.2. The first-order valence-electron chi connectivity index (χ1n) is 13.2. The summed E-state index contributed by atoms with van der Waals surface area (Å²) in [6.07, 6.45) is 2.21. The summed E-state index contributed by atoms with van der Waals surface area (Å²) in [7, 11) is 3.68. The van der Waals surface area contributed by atoms with Crippen LogP contribution in [0.4, 0.5) is 0 Å². The van der Waals surface area contributed by atoms with Gasteiger partial charge >= 0.3 is 0 Å². The van der Waals surface area contributed by atoms with Crippen molar-refractivity contribution in [1.82, 2.24) is 30.0 Å². The van der Waals surface area contributed by atoms with Crippen molar-refractivity contribution in [3.05, 3.63) is 52.8 Å². The van der Waals surface area contributed by atoms with Crippen molar-refractivity contribution in [2.75, 3.05) is 53.8 Å². The lowest BCUT2D eigenvalue weighted by molar-refractivity contribution is -0.181. The van der Waals surface area contributed by atoms with Crippen LogP contribution in [0.5, 0.6) is 17.2 Å². The fraction of sp³-hybridized carbons (Fsp3) is 0.481. The third-order valence-electron chi connectivity index (χ3n) is 8.12. The van der Waals surface area contributed by atoms with Crippen molar-refractivity contribution in [2.45, 2.75) is 31.1 Å². The number of piperidine rings is 1. The highest BCUT2D eigenvalue weighted by Gasteiger charge is 2.41. The summed E-state index contributed by atoms with van der Waals surface area (Å²) < 4.78 is 30.5. The van der Waals surface area contributed by atoms with Gasteiger partial charge in [-0.2, -0.15) is 4.68 Å². The number of carbonyl (C=O) groups excluding carboxylic acids is 1. The molecule has 204 valence electrons. The standard InChI is InChI=1S/C27H30N6O6/c1-31-10-7-18-15-20-23(37-16-36-20)24(35-2)21(18)22(31)25-28-29-30-33(25)19-5-3-17(4-6-19)26(34)32-11-8-27(9-12-32)38-13-14-39-27/h3-6,15,22H,7-14,16H2,1-2H3. The monoisotopic (exact) mass is 534 g/mol. The summed E-state index contributed by atoms with van der Waals surface area (Å²) in [5, 5.41) is 12.8. The number of tetrazole rings is 1. The number of rotatable bonds is 4. The van der Waals surface area contributed by atoms with Crippen LogP contribution in [0.3, 0.4) is 0 Å². The molecule has 0 aliphatic carbocycles. The lowest BCUT2D eigenvalue weighted by Gasteiger charge is -2.37. The van der Waals surface area contributed by atoms with Gasteiger partial charge in [0.15, 0.2) is 23.1 Å². The van der Waals surface area contributed by atoms with E-state index >= 15 is 0 Å². The predicted molar refractivity (Wildman–Crippen MR) is 136 cm³/mol. The van der Waals surface area contributed by atoms with Crippen LogP contribution in [0, 0.1) is 0 Å². The normalized spacial score (nSPS) is 21.8. The maximum atomic E-state index is 13.2. The van der Waals surface area contributed by atoms with Crippen LogP contribution < -0.4 is 14.2 Å². The van der Waals surface area contributed by atoms with Gasteiger partial charge in [-0.1, -0.05) is 0 Å². The molecule has 2 saturated heterocycles. The molecule has 4 aliphatic rings. The molecule has 0 N–H and O–H groups in total. The van der Waals surface area contributed by atoms with Crippen LogP contribution in [0.2, 0.25) is 0 Å². The minimum atomic E-state index is -0.510. The van der Waals surface area contributed by atoms with Crippen molar-refractivity contribution >= 4 is 5.91 Å². The average Bonchev–Trinajstić information content (AvgIpc) is 3.74. The number of ether oxygens (including phenoxy) is 5. The molecule has 1 amide bonds. The van der Waals surface area contributed by atoms with Gasteiger partial charge in [-0.05, 0) is 59.8 Å². The van der Waals surface area contributed by atoms with Crippen molar-refractivity contribution in [1.29, 1.82) is 0 Å². The number of fused-ring (bicyclic) bond motifs is 2. The maximum Gasteiger partial charge on any atom is 0.253 e. The first-order chi connectivity index (χ1) is 19.1. The van der Waals surface area contributed by atoms with Gasteiger partial charge in [0.2, 0.25) is 12.5 Å². The summed E-state index contributed by atoms with van der Waals surface area (Å²) in [6.45, 7) is 3.42. The van der Waals surface area contributed by atoms with Gasteiger partial charge in [0.05, 0.1) is 26.0 Å². The molecule has 5 heterocycles. The highest BCUT2D eigenvalue weighted by Crippen LogP contribution is 2.50. The van der Waals surface area contributed by atoms with E-state index in [4.69, 9.17) is 23.7 Å². The molecule has 12 heteroatoms. The quantitative estimate of drug-likeness (QED) is 0.492. The number of hydrogen-bond donors (Lipinski definition) is 0. The van der Waals surface area contributed by atoms with Gasteiger partial charge in [0, 0.05) is 43.6 Å². The Bertz CT molecular complexity index is 1390. The number of carbonyl (C=O) groups is 1. The number of likely N-dealkylation sites (tertiary alicyclic amines) is 1. The first kappa shape index (κ1) is 24.3. The van der Waals surface area contributed by atoms with Crippen LogP contribution in [0.15, 0.2) is 30.3 Å². The number of benzene rings is 2. The molecule has 3 aromatic rings. The summed E-state index contributed by atoms with van der Waals surface area (Å²) in [4.78, 5) is 17.3. The van der Waals surface area contributed by atoms with E-state index in [0.29, 0.717) is 67.8 Å². The molecule has 1 unspecified atom stereocenters. The van der Waals surface area contributed by atoms with Crippen LogP contribution in [-0.4, -0.2) is 95.5 Å². The number of hydrogen-bond acceptors (Lipinski definition) is 10. The third kappa shape index (κ3) is 4.01. The Morgan fingerprint density at radius 2 is 1.85 bits per heavy atom. The highest BCUT2D eigenvalue weighted by atomic mass is 16.7. The van der Waals surface area contributed by atoms with Gasteiger partial charge in [-0.3, -0.25) is 9.69 Å². The van der Waals surface area contributed by atoms with E-state index in [1.54, 1.807) is 11.8 Å². The zero-order chi connectivity index (χ0) is 26.6. The number of aromatic nitrogens is 4. The Hall–Kier alpha value is -3.74. The van der Waals surface area contributed by atoms with Crippen LogP contribution in [0.1, 0.15) is 46.2 Å². The topological polar surface area (TPSA) is 113 Å². The molecule has 4 aliphatic heterocycles. The predicted octanol–water partition coefficient (Wildman–Crippen LogP) is 1.96. The summed E-state index contributed by atoms with van der Waals surface area (Å²) in [5.74, 6) is 2.07. The van der Waals surface area contributed by atoms with Crippen molar-refractivity contribution < 1.29 is 28.5 Å². The summed E-state index contributed by atoms with van der Waals surface area (Å²) in [5.41, 5.74) is 3.46. The molecule has 0 bridgehead atoms. The van der Waals surface area contributed by atoms with E-state index in [1.807, 2.05) is 42.3 Å². The van der Waals surface area contributed by atoms with Gasteiger partial charge < -0.3 is 28.6 Å². The Kier molecular flexibility index (Phi) is 5.90. The van der Waals surface area contributed by atoms with Gasteiger partial charge in [0.25, 0.3) is 5.91 Å². The molecule has 39 heavy (non-hydrogen) atoms. The average molecular weight is 535 g/mol. The molecule has 0 saturated carbocycles. The third-order valence-corrected chi connectivity index (χ3v) is 8.12. The largest absolute Gasteiger partial charge is 0.492 e. The van der Waals surface area contributed by atoms with Gasteiger partial charge in [-0.25, -0.2) is 0 Å². The second-order valence-electron chi connectivity index (χ2n) is 10.2. The molecule has 2 aromatic carbocycles. The zero-order valence-corrected chi connectivity index (χ0v) is 22.0. The molecule has 1 aromatic heterocycles. The highest BCUT2D eigenvalue weighted by molar-refractivity contribution is 5.94. The van der Waals surface area contributed by atoms with E-state index in [-0.39, 0.29) is 18.7 Å². The van der Waals surface area contributed by atoms with Gasteiger partial charge in [-0.15, -0.1) is 5.10 Å². The summed E-state index contributed by atoms with van der Waals surface area (Å²) >= 11 is 0. The van der Waals surface area contributed by atoms with E-state index in [1.165, 1.54) is 0 Å². The molecule has 1 atom stereocenters. The molecule has 12 nitrogen and oxygen atoms in total. The molecular formula is C27H30N6O6. The molecule has 7 rings (SSSR count). The van der Waals surface area contributed by atoms with E-state index in [0.717, 1.165) is 29.8 Å². The molecule has 0 radical (unpaired) electrons. The van der Waals surface area contributed by atoms with E-state index in [2.05, 4.69) is 20.4 Å². The van der Waals surface area contributed by atoms with Gasteiger partial charge in [0.1, 0.15) is 6.04 Å². The minimum Gasteiger partial charge on any atom is -0.492 e. The van der Waals surface area contributed by atoms with Crippen LogP contribution in [-0.2, 0) is 15.9 Å². The molecule has 2 fully saturated rings. The Morgan fingerprint density at radius 3 is 2.59 bits per heavy atom. The zero-order valence-electron chi connectivity index (χ0n) is 22.0. The lowest BCUT2D eigenvalue weighted by Crippen LogP contribution is -2.47. The number of amides is 1. The smallest absolute Gasteiger partial charge is 0.253 e. The van der Waals surface area contributed by atoms with E-state index in [9.17, 15) is 4.79 Å². The molecule has 1 spiro atoms. The lowest BCUT2D eigenvalue weighted by atomic mass is 9.90. The Balaban J connectivity index is 1.16. The Labute approximate surface area is 225 Å².